The predicted molar refractivity (Wildman–Crippen MR) is 63.3 cm³/mol. The number of nitrogen functional groups attached to an aromatic ring is 1. The molecule has 0 atom stereocenters. The van der Waals surface area contributed by atoms with Crippen LogP contribution in [0.1, 0.15) is 12.5 Å². The Morgan fingerprint density at radius 3 is 2.85 bits per heavy atom. The fourth-order valence-electron chi connectivity index (χ4n) is 1.37. The molecule has 1 nitrogen and oxygen atoms in total. The monoisotopic (exact) mass is 255 g/mol. The van der Waals surface area contributed by atoms with Gasteiger partial charge in [-0.15, -0.1) is 11.3 Å². The van der Waals surface area contributed by atoms with E-state index < -0.39 is 0 Å². The average Bonchev–Trinajstić information content (AvgIpc) is 2.46. The van der Waals surface area contributed by atoms with Crippen molar-refractivity contribution in [2.24, 2.45) is 0 Å². The second-order valence-corrected chi connectivity index (χ2v) is 4.96. The zero-order chi connectivity index (χ0) is 9.42. The lowest BCUT2D eigenvalue weighted by atomic mass is 10.1. The number of nitrogens with two attached hydrogens (primary N) is 1. The Kier molecular flexibility index (Phi) is 2.30. The van der Waals surface area contributed by atoms with Crippen LogP contribution in [0.2, 0.25) is 0 Å². The summed E-state index contributed by atoms with van der Waals surface area (Å²) in [6.45, 7) is 2.16. The topological polar surface area (TPSA) is 26.0 Å². The predicted octanol–water partition coefficient (Wildman–Crippen LogP) is 3.81. The summed E-state index contributed by atoms with van der Waals surface area (Å²) >= 11 is 5.20. The molecule has 0 fully saturated rings. The molecular weight excluding hydrogens is 246 g/mol. The van der Waals surface area contributed by atoms with Gasteiger partial charge in [0.2, 0.25) is 0 Å². The van der Waals surface area contributed by atoms with Crippen LogP contribution in [0, 0.1) is 0 Å². The molecule has 1 heterocycles. The minimum Gasteiger partial charge on any atom is -0.391 e. The van der Waals surface area contributed by atoms with Gasteiger partial charge in [0.1, 0.15) is 0 Å². The van der Waals surface area contributed by atoms with Crippen molar-refractivity contribution in [1.29, 1.82) is 0 Å². The third-order valence-corrected chi connectivity index (χ3v) is 3.64. The van der Waals surface area contributed by atoms with Gasteiger partial charge < -0.3 is 5.73 Å². The van der Waals surface area contributed by atoms with Gasteiger partial charge in [-0.3, -0.25) is 0 Å². The lowest BCUT2D eigenvalue weighted by molar-refractivity contribution is 1.14. The van der Waals surface area contributed by atoms with Crippen molar-refractivity contribution < 1.29 is 0 Å². The Morgan fingerprint density at radius 1 is 1.38 bits per heavy atom. The number of anilines is 1. The first-order chi connectivity index (χ1) is 6.20. The second-order valence-electron chi connectivity index (χ2n) is 2.99. The van der Waals surface area contributed by atoms with Crippen molar-refractivity contribution in [1.82, 2.24) is 0 Å². The molecule has 0 bridgehead atoms. The molecular formula is C10H10BrNS. The quantitative estimate of drug-likeness (QED) is 0.824. The minimum absolute atomic E-state index is 0.879. The summed E-state index contributed by atoms with van der Waals surface area (Å²) in [4.78, 5) is 0. The van der Waals surface area contributed by atoms with Gasteiger partial charge in [-0.05, 0) is 30.2 Å². The molecule has 1 aromatic carbocycles. The highest BCUT2D eigenvalue weighted by Crippen LogP contribution is 2.34. The third-order valence-electron chi connectivity index (χ3n) is 2.07. The Morgan fingerprint density at radius 2 is 2.15 bits per heavy atom. The van der Waals surface area contributed by atoms with Gasteiger partial charge in [0, 0.05) is 14.6 Å². The largest absolute Gasteiger partial charge is 0.391 e. The molecule has 0 aliphatic carbocycles. The van der Waals surface area contributed by atoms with Gasteiger partial charge >= 0.3 is 0 Å². The Bertz CT molecular complexity index is 447. The van der Waals surface area contributed by atoms with E-state index in [-0.39, 0.29) is 0 Å². The first-order valence-electron chi connectivity index (χ1n) is 4.18. The Hall–Kier alpha value is -0.540. The van der Waals surface area contributed by atoms with Gasteiger partial charge in [0.05, 0.1) is 5.00 Å². The average molecular weight is 256 g/mol. The molecule has 0 amide bonds. The van der Waals surface area contributed by atoms with Crippen LogP contribution in [0.3, 0.4) is 0 Å². The van der Waals surface area contributed by atoms with Crippen LogP contribution in [0.5, 0.6) is 0 Å². The number of halogens is 1. The highest BCUT2D eigenvalue weighted by Gasteiger charge is 2.04. The van der Waals surface area contributed by atoms with Crippen LogP contribution in [0.4, 0.5) is 5.00 Å². The number of aryl methyl sites for hydroxylation is 1. The van der Waals surface area contributed by atoms with E-state index in [9.17, 15) is 0 Å². The maximum absolute atomic E-state index is 5.75. The number of hydrogen-bond acceptors (Lipinski definition) is 2. The van der Waals surface area contributed by atoms with E-state index in [1.165, 1.54) is 15.6 Å². The summed E-state index contributed by atoms with van der Waals surface area (Å²) < 4.78 is 2.42. The number of hydrogen-bond donors (Lipinski definition) is 1. The lowest BCUT2D eigenvalue weighted by Crippen LogP contribution is -1.78. The minimum atomic E-state index is 0.879. The van der Waals surface area contributed by atoms with Crippen LogP contribution in [-0.2, 0) is 6.42 Å². The number of fused-ring (bicyclic) bond motifs is 1. The van der Waals surface area contributed by atoms with Gasteiger partial charge in [-0.1, -0.05) is 22.9 Å². The van der Waals surface area contributed by atoms with E-state index in [1.807, 2.05) is 6.07 Å². The lowest BCUT2D eigenvalue weighted by Gasteiger charge is -1.98. The fourth-order valence-corrected chi connectivity index (χ4v) is 3.05. The van der Waals surface area contributed by atoms with E-state index >= 15 is 0 Å². The molecule has 1 aromatic heterocycles. The molecule has 0 aliphatic rings. The summed E-state index contributed by atoms with van der Waals surface area (Å²) in [5.74, 6) is 0. The zero-order valence-corrected chi connectivity index (χ0v) is 9.71. The molecule has 13 heavy (non-hydrogen) atoms. The van der Waals surface area contributed by atoms with Crippen LogP contribution < -0.4 is 5.73 Å². The fraction of sp³-hybridized carbons (Fsp3) is 0.200. The van der Waals surface area contributed by atoms with Crippen LogP contribution in [0.25, 0.3) is 10.1 Å². The van der Waals surface area contributed by atoms with Crippen LogP contribution in [-0.4, -0.2) is 0 Å². The van der Waals surface area contributed by atoms with Gasteiger partial charge in [-0.25, -0.2) is 0 Å². The van der Waals surface area contributed by atoms with Crippen LogP contribution >= 0.6 is 27.3 Å². The maximum Gasteiger partial charge on any atom is 0.0869 e. The number of benzene rings is 1. The Labute approximate surface area is 89.7 Å². The van der Waals surface area contributed by atoms with Crippen molar-refractivity contribution in [3.63, 3.8) is 0 Å². The van der Waals surface area contributed by atoms with Crippen molar-refractivity contribution in [3.05, 3.63) is 28.2 Å². The van der Waals surface area contributed by atoms with Crippen molar-refractivity contribution in [3.8, 4) is 0 Å². The Balaban J connectivity index is 2.75. The molecule has 0 saturated heterocycles. The van der Waals surface area contributed by atoms with E-state index in [0.717, 1.165) is 15.9 Å². The molecule has 0 unspecified atom stereocenters. The molecule has 3 heteroatoms. The summed E-state index contributed by atoms with van der Waals surface area (Å²) in [5.41, 5.74) is 7.10. The van der Waals surface area contributed by atoms with E-state index in [0.29, 0.717) is 0 Å². The maximum atomic E-state index is 5.75. The highest BCUT2D eigenvalue weighted by molar-refractivity contribution is 9.10. The molecule has 0 aliphatic heterocycles. The number of rotatable bonds is 1. The second kappa shape index (κ2) is 3.31. The smallest absolute Gasteiger partial charge is 0.0869 e. The standard InChI is InChI=1S/C10H10BrNS/c1-2-6-3-8(11)7-5-10(12)13-9(7)4-6/h3-5H,2,12H2,1H3. The normalized spacial score (nSPS) is 10.9. The molecule has 0 saturated carbocycles. The molecule has 0 radical (unpaired) electrons. The van der Waals surface area contributed by atoms with Gasteiger partial charge in [-0.2, -0.15) is 0 Å². The van der Waals surface area contributed by atoms with Gasteiger partial charge in [0.25, 0.3) is 0 Å². The summed E-state index contributed by atoms with van der Waals surface area (Å²) in [7, 11) is 0. The van der Waals surface area contributed by atoms with Crippen LogP contribution in [0.15, 0.2) is 22.7 Å². The summed E-state index contributed by atoms with van der Waals surface area (Å²) in [5, 5.41) is 2.10. The van der Waals surface area contributed by atoms with Crippen molar-refractivity contribution in [2.45, 2.75) is 13.3 Å². The molecule has 68 valence electrons. The van der Waals surface area contributed by atoms with Crippen molar-refractivity contribution >= 4 is 42.4 Å². The highest BCUT2D eigenvalue weighted by atomic mass is 79.9. The molecule has 2 rings (SSSR count). The third kappa shape index (κ3) is 1.58. The zero-order valence-electron chi connectivity index (χ0n) is 7.30. The first kappa shape index (κ1) is 9.03. The van der Waals surface area contributed by atoms with Gasteiger partial charge in [0.15, 0.2) is 0 Å². The number of thiophene rings is 1. The first-order valence-corrected chi connectivity index (χ1v) is 5.79. The van der Waals surface area contributed by atoms with E-state index in [2.05, 4.69) is 35.0 Å². The molecule has 0 spiro atoms. The van der Waals surface area contributed by atoms with E-state index in [4.69, 9.17) is 5.73 Å². The summed E-state index contributed by atoms with van der Waals surface area (Å²) in [6.07, 6.45) is 1.06. The van der Waals surface area contributed by atoms with E-state index in [1.54, 1.807) is 11.3 Å². The molecule has 2 aromatic rings. The molecule has 2 N–H and O–H groups in total. The SMILES string of the molecule is CCc1cc(Br)c2cc(N)sc2c1. The summed E-state index contributed by atoms with van der Waals surface area (Å²) in [6, 6.07) is 6.39. The van der Waals surface area contributed by atoms with Crippen molar-refractivity contribution in [2.75, 3.05) is 5.73 Å².